The topological polar surface area (TPSA) is 58.6 Å². The Balaban J connectivity index is 1.33. The Hall–Kier alpha value is -2.66. The summed E-state index contributed by atoms with van der Waals surface area (Å²) < 4.78 is 6.15. The summed E-state index contributed by atoms with van der Waals surface area (Å²) in [6, 6.07) is 16.9. The Kier molecular flexibility index (Phi) is 8.61. The molecule has 4 rings (SSSR count). The van der Waals surface area contributed by atoms with Gasteiger partial charge in [-0.15, -0.1) is 0 Å². The maximum Gasteiger partial charge on any atom is 0.253 e. The number of nitrogens with zero attached hydrogens (tertiary/aromatic N) is 1. The van der Waals surface area contributed by atoms with Gasteiger partial charge in [-0.2, -0.15) is 0 Å². The number of hydrogen-bond acceptors (Lipinski definition) is 3. The van der Waals surface area contributed by atoms with E-state index in [1.54, 1.807) is 0 Å². The molecule has 2 aromatic rings. The van der Waals surface area contributed by atoms with Crippen LogP contribution in [0.1, 0.15) is 87.2 Å². The summed E-state index contributed by atoms with van der Waals surface area (Å²) in [5, 5.41) is 3.06. The first-order chi connectivity index (χ1) is 17.0. The number of rotatable bonds is 8. The monoisotopic (exact) mass is 476 g/mol. The smallest absolute Gasteiger partial charge is 0.253 e. The predicted molar refractivity (Wildman–Crippen MR) is 140 cm³/mol. The molecule has 1 saturated carbocycles. The average molecular weight is 477 g/mol. The van der Waals surface area contributed by atoms with Crippen LogP contribution in [0.15, 0.2) is 48.5 Å². The van der Waals surface area contributed by atoms with Crippen LogP contribution in [-0.2, 0) is 9.53 Å². The lowest BCUT2D eigenvalue weighted by Gasteiger charge is -2.29. The highest BCUT2D eigenvalue weighted by Crippen LogP contribution is 2.33. The first kappa shape index (κ1) is 25.4. The summed E-state index contributed by atoms with van der Waals surface area (Å²) >= 11 is 0. The van der Waals surface area contributed by atoms with Crippen molar-refractivity contribution in [3.05, 3.63) is 59.7 Å². The molecule has 0 spiro atoms. The Morgan fingerprint density at radius 1 is 0.943 bits per heavy atom. The van der Waals surface area contributed by atoms with Crippen molar-refractivity contribution in [2.45, 2.75) is 83.4 Å². The zero-order chi connectivity index (χ0) is 24.8. The molecule has 0 bridgehead atoms. The summed E-state index contributed by atoms with van der Waals surface area (Å²) in [5.41, 5.74) is 4.20. The quantitative estimate of drug-likeness (QED) is 0.498. The molecule has 1 aliphatic heterocycles. The van der Waals surface area contributed by atoms with E-state index in [-0.39, 0.29) is 30.0 Å². The fourth-order valence-corrected chi connectivity index (χ4v) is 5.54. The largest absolute Gasteiger partial charge is 0.373 e. The molecule has 2 amide bonds. The maximum atomic E-state index is 13.1. The summed E-state index contributed by atoms with van der Waals surface area (Å²) in [6.45, 7) is 4.98. The van der Waals surface area contributed by atoms with Crippen molar-refractivity contribution in [1.29, 1.82) is 0 Å². The van der Waals surface area contributed by atoms with Crippen LogP contribution in [0, 0.1) is 5.92 Å². The molecule has 2 aromatic carbocycles. The molecule has 1 heterocycles. The molecule has 35 heavy (non-hydrogen) atoms. The molecule has 0 aromatic heterocycles. The molecule has 2 aliphatic rings. The fourth-order valence-electron chi connectivity index (χ4n) is 5.54. The predicted octanol–water partition coefficient (Wildman–Crippen LogP) is 6.14. The molecular weight excluding hydrogens is 436 g/mol. The third-order valence-corrected chi connectivity index (χ3v) is 7.77. The minimum Gasteiger partial charge on any atom is -0.373 e. The van der Waals surface area contributed by atoms with Gasteiger partial charge in [-0.3, -0.25) is 9.59 Å². The van der Waals surface area contributed by atoms with Gasteiger partial charge in [0.05, 0.1) is 12.7 Å². The zero-order valence-electron chi connectivity index (χ0n) is 21.5. The number of nitrogens with one attached hydrogen (secondary N) is 1. The summed E-state index contributed by atoms with van der Waals surface area (Å²) in [6.07, 6.45) is 8.21. The van der Waals surface area contributed by atoms with Crippen molar-refractivity contribution in [2.24, 2.45) is 5.92 Å². The van der Waals surface area contributed by atoms with E-state index in [1.807, 2.05) is 43.1 Å². The highest BCUT2D eigenvalue weighted by Gasteiger charge is 2.31. The van der Waals surface area contributed by atoms with E-state index in [2.05, 4.69) is 36.5 Å². The van der Waals surface area contributed by atoms with E-state index in [0.29, 0.717) is 17.9 Å². The average Bonchev–Trinajstić information content (AvgIpc) is 3.37. The van der Waals surface area contributed by atoms with E-state index >= 15 is 0 Å². The Morgan fingerprint density at radius 3 is 2.23 bits per heavy atom. The molecule has 2 unspecified atom stereocenters. The van der Waals surface area contributed by atoms with Crippen molar-refractivity contribution >= 4 is 11.8 Å². The van der Waals surface area contributed by atoms with E-state index in [4.69, 9.17) is 4.74 Å². The molecule has 1 saturated heterocycles. The molecule has 2 fully saturated rings. The van der Waals surface area contributed by atoms with Crippen LogP contribution in [0.4, 0.5) is 0 Å². The van der Waals surface area contributed by atoms with Crippen LogP contribution in [-0.4, -0.2) is 42.5 Å². The molecule has 1 N–H and O–H groups in total. The lowest BCUT2D eigenvalue weighted by molar-refractivity contribution is -0.121. The third-order valence-electron chi connectivity index (χ3n) is 7.77. The molecule has 188 valence electrons. The normalized spacial score (nSPS) is 24.2. The highest BCUT2D eigenvalue weighted by atomic mass is 16.5. The molecule has 4 atom stereocenters. The molecule has 5 heteroatoms. The SMILES string of the molecule is CCCC1CCC(c2ccc(-c3ccc(C(=O)N(C)[C@@H]4CC[C@H](NC(=O)CC)C4)cc3)cc2)OC1. The Labute approximate surface area is 210 Å². The van der Waals surface area contributed by atoms with E-state index in [9.17, 15) is 9.59 Å². The Bertz CT molecular complexity index is 978. The van der Waals surface area contributed by atoms with Gasteiger partial charge in [0.2, 0.25) is 5.91 Å². The van der Waals surface area contributed by atoms with E-state index in [0.717, 1.165) is 43.4 Å². The Morgan fingerprint density at radius 2 is 1.63 bits per heavy atom. The number of hydrogen-bond donors (Lipinski definition) is 1. The summed E-state index contributed by atoms with van der Waals surface area (Å²) in [5.74, 6) is 0.836. The standard InChI is InChI=1S/C30H40N2O3/c1-4-6-21-7-18-28(35-20-21)24-12-8-22(9-13-24)23-10-14-25(15-11-23)30(34)32(3)27-17-16-26(19-27)31-29(33)5-2/h8-15,21,26-28H,4-7,16-20H2,1-3H3,(H,31,33)/t21?,26-,27+,28?/m0/s1. The van der Waals surface area contributed by atoms with Crippen LogP contribution in [0.25, 0.3) is 11.1 Å². The van der Waals surface area contributed by atoms with Crippen LogP contribution in [0.5, 0.6) is 0 Å². The van der Waals surface area contributed by atoms with Gasteiger partial charge in [-0.05, 0) is 73.3 Å². The lowest BCUT2D eigenvalue weighted by Crippen LogP contribution is -2.38. The molecule has 5 nitrogen and oxygen atoms in total. The number of carbonyl (C=O) groups is 2. The third kappa shape index (κ3) is 6.32. The molecule has 1 aliphatic carbocycles. The second-order valence-electron chi connectivity index (χ2n) is 10.3. The van der Waals surface area contributed by atoms with Crippen molar-refractivity contribution in [3.63, 3.8) is 0 Å². The number of ether oxygens (including phenoxy) is 1. The minimum absolute atomic E-state index is 0.0372. The van der Waals surface area contributed by atoms with Gasteiger partial charge in [0, 0.05) is 31.1 Å². The maximum absolute atomic E-state index is 13.1. The van der Waals surface area contributed by atoms with Crippen molar-refractivity contribution in [2.75, 3.05) is 13.7 Å². The fraction of sp³-hybridized carbons (Fsp3) is 0.533. The van der Waals surface area contributed by atoms with Gasteiger partial charge in [0.1, 0.15) is 0 Å². The van der Waals surface area contributed by atoms with E-state index < -0.39 is 0 Å². The van der Waals surface area contributed by atoms with Crippen LogP contribution < -0.4 is 5.32 Å². The first-order valence-corrected chi connectivity index (χ1v) is 13.4. The van der Waals surface area contributed by atoms with Crippen molar-refractivity contribution in [3.8, 4) is 11.1 Å². The van der Waals surface area contributed by atoms with E-state index in [1.165, 1.54) is 24.8 Å². The lowest BCUT2D eigenvalue weighted by atomic mass is 9.91. The van der Waals surface area contributed by atoms with Gasteiger partial charge < -0.3 is 15.0 Å². The first-order valence-electron chi connectivity index (χ1n) is 13.4. The van der Waals surface area contributed by atoms with Crippen LogP contribution in [0.2, 0.25) is 0 Å². The van der Waals surface area contributed by atoms with Gasteiger partial charge in [-0.1, -0.05) is 56.7 Å². The molecule has 0 radical (unpaired) electrons. The van der Waals surface area contributed by atoms with Gasteiger partial charge in [0.25, 0.3) is 5.91 Å². The van der Waals surface area contributed by atoms with Crippen LogP contribution >= 0.6 is 0 Å². The summed E-state index contributed by atoms with van der Waals surface area (Å²) in [7, 11) is 1.88. The second-order valence-corrected chi connectivity index (χ2v) is 10.3. The number of carbonyl (C=O) groups excluding carboxylic acids is 2. The van der Waals surface area contributed by atoms with Crippen LogP contribution in [0.3, 0.4) is 0 Å². The summed E-state index contributed by atoms with van der Waals surface area (Å²) in [4.78, 5) is 26.6. The minimum atomic E-state index is 0.0372. The van der Waals surface area contributed by atoms with Crippen molar-refractivity contribution < 1.29 is 14.3 Å². The highest BCUT2D eigenvalue weighted by molar-refractivity contribution is 5.94. The van der Waals surface area contributed by atoms with Gasteiger partial charge in [-0.25, -0.2) is 0 Å². The molecular formula is C30H40N2O3. The van der Waals surface area contributed by atoms with Crippen molar-refractivity contribution in [1.82, 2.24) is 10.2 Å². The van der Waals surface area contributed by atoms with Gasteiger partial charge in [0.15, 0.2) is 0 Å². The second kappa shape index (κ2) is 11.9. The zero-order valence-corrected chi connectivity index (χ0v) is 21.5. The number of amides is 2. The van der Waals surface area contributed by atoms with Gasteiger partial charge >= 0.3 is 0 Å². The number of benzene rings is 2.